The van der Waals surface area contributed by atoms with Crippen molar-refractivity contribution in [3.8, 4) is 11.5 Å². The van der Waals surface area contributed by atoms with Crippen molar-refractivity contribution in [2.24, 2.45) is 10.2 Å². The number of alkyl halides is 4. The molecule has 24 heavy (non-hydrogen) atoms. The number of hydrogen-bond acceptors (Lipinski definition) is 4. The molecule has 4 nitrogen and oxygen atoms in total. The fourth-order valence-electron chi connectivity index (χ4n) is 1.74. The summed E-state index contributed by atoms with van der Waals surface area (Å²) in [5.74, 6) is 0.0181. The van der Waals surface area contributed by atoms with E-state index in [1.54, 1.807) is 12.1 Å². The molecule has 0 fully saturated rings. The number of hydrogen-bond donors (Lipinski definition) is 0. The zero-order valence-corrected chi connectivity index (χ0v) is 12.2. The standard InChI is InChI=1S/C16H12F4N2O2/c17-15(18)23-13-5-1-3-11(7-13)9-21-22-10-12-4-2-6-14(8-12)24-16(19)20/h1-10,15-16H/b21-9+,22-10+. The van der Waals surface area contributed by atoms with Crippen molar-refractivity contribution in [2.45, 2.75) is 13.2 Å². The zero-order valence-electron chi connectivity index (χ0n) is 12.2. The highest BCUT2D eigenvalue weighted by Gasteiger charge is 2.04. The fourth-order valence-corrected chi connectivity index (χ4v) is 1.74. The third-order valence-corrected chi connectivity index (χ3v) is 2.65. The fraction of sp³-hybridized carbons (Fsp3) is 0.125. The van der Waals surface area contributed by atoms with Crippen molar-refractivity contribution in [3.63, 3.8) is 0 Å². The molecule has 0 aromatic heterocycles. The maximum atomic E-state index is 12.1. The van der Waals surface area contributed by atoms with Crippen LogP contribution in [0.4, 0.5) is 17.6 Å². The van der Waals surface area contributed by atoms with Crippen LogP contribution in [0.3, 0.4) is 0 Å². The van der Waals surface area contributed by atoms with Crippen molar-refractivity contribution in [1.82, 2.24) is 0 Å². The van der Waals surface area contributed by atoms with E-state index in [9.17, 15) is 17.6 Å². The molecule has 0 radical (unpaired) electrons. The van der Waals surface area contributed by atoms with Crippen LogP contribution in [-0.4, -0.2) is 25.7 Å². The Morgan fingerprint density at radius 2 is 1.12 bits per heavy atom. The maximum absolute atomic E-state index is 12.1. The van der Waals surface area contributed by atoms with Gasteiger partial charge < -0.3 is 9.47 Å². The summed E-state index contributed by atoms with van der Waals surface area (Å²) in [7, 11) is 0. The molecule has 2 aromatic carbocycles. The molecular weight excluding hydrogens is 328 g/mol. The van der Waals surface area contributed by atoms with Crippen molar-refractivity contribution in [3.05, 3.63) is 59.7 Å². The number of ether oxygens (including phenoxy) is 2. The molecule has 0 spiro atoms. The maximum Gasteiger partial charge on any atom is 0.387 e. The van der Waals surface area contributed by atoms with E-state index in [0.29, 0.717) is 11.1 Å². The second-order valence-electron chi connectivity index (χ2n) is 4.39. The van der Waals surface area contributed by atoms with E-state index in [1.165, 1.54) is 48.8 Å². The Kier molecular flexibility index (Phi) is 6.30. The Labute approximate surface area is 135 Å². The summed E-state index contributed by atoms with van der Waals surface area (Å²) in [6.45, 7) is -5.81. The van der Waals surface area contributed by atoms with Gasteiger partial charge in [-0.25, -0.2) is 0 Å². The van der Waals surface area contributed by atoms with E-state index in [4.69, 9.17) is 0 Å². The van der Waals surface area contributed by atoms with Crippen LogP contribution in [0.2, 0.25) is 0 Å². The molecule has 0 N–H and O–H groups in total. The summed E-state index contributed by atoms with van der Waals surface area (Å²) < 4.78 is 57.0. The van der Waals surface area contributed by atoms with E-state index >= 15 is 0 Å². The first-order chi connectivity index (χ1) is 11.5. The highest BCUT2D eigenvalue weighted by atomic mass is 19.3. The third-order valence-electron chi connectivity index (χ3n) is 2.65. The lowest BCUT2D eigenvalue weighted by Crippen LogP contribution is -2.02. The quantitative estimate of drug-likeness (QED) is 0.427. The first-order valence-corrected chi connectivity index (χ1v) is 6.69. The third kappa shape index (κ3) is 6.07. The van der Waals surface area contributed by atoms with Gasteiger partial charge in [0, 0.05) is 0 Å². The molecule has 0 saturated carbocycles. The van der Waals surface area contributed by atoms with Crippen LogP contribution in [0.1, 0.15) is 11.1 Å². The van der Waals surface area contributed by atoms with Crippen molar-refractivity contribution < 1.29 is 27.0 Å². The molecule has 0 amide bonds. The second kappa shape index (κ2) is 8.66. The van der Waals surface area contributed by atoms with E-state index in [2.05, 4.69) is 19.7 Å². The molecule has 0 saturated heterocycles. The lowest BCUT2D eigenvalue weighted by atomic mass is 10.2. The normalized spacial score (nSPS) is 11.8. The minimum absolute atomic E-state index is 0.00905. The zero-order chi connectivity index (χ0) is 17.4. The number of nitrogens with zero attached hydrogens (tertiary/aromatic N) is 2. The summed E-state index contributed by atoms with van der Waals surface area (Å²) in [4.78, 5) is 0. The van der Waals surface area contributed by atoms with Crippen LogP contribution in [0.25, 0.3) is 0 Å². The molecule has 0 bridgehead atoms. The van der Waals surface area contributed by atoms with E-state index < -0.39 is 13.2 Å². The van der Waals surface area contributed by atoms with Gasteiger partial charge in [0.1, 0.15) is 11.5 Å². The molecule has 0 unspecified atom stereocenters. The van der Waals surface area contributed by atoms with Gasteiger partial charge in [0.2, 0.25) is 0 Å². The van der Waals surface area contributed by atoms with Gasteiger partial charge in [-0.05, 0) is 35.4 Å². The molecule has 8 heteroatoms. The van der Waals surface area contributed by atoms with Gasteiger partial charge in [0.15, 0.2) is 0 Å². The van der Waals surface area contributed by atoms with Crippen molar-refractivity contribution in [2.75, 3.05) is 0 Å². The van der Waals surface area contributed by atoms with Gasteiger partial charge in [0.05, 0.1) is 12.4 Å². The van der Waals surface area contributed by atoms with E-state index in [0.717, 1.165) is 0 Å². The van der Waals surface area contributed by atoms with Crippen LogP contribution in [0.15, 0.2) is 58.7 Å². The predicted octanol–water partition coefficient (Wildman–Crippen LogP) is 4.34. The Hall–Kier alpha value is -2.90. The molecule has 0 aliphatic carbocycles. The van der Waals surface area contributed by atoms with E-state index in [-0.39, 0.29) is 11.5 Å². The van der Waals surface area contributed by atoms with Crippen molar-refractivity contribution >= 4 is 12.4 Å². The summed E-state index contributed by atoms with van der Waals surface area (Å²) >= 11 is 0. The van der Waals surface area contributed by atoms with Gasteiger partial charge in [-0.2, -0.15) is 27.8 Å². The molecule has 0 atom stereocenters. The van der Waals surface area contributed by atoms with Crippen LogP contribution >= 0.6 is 0 Å². The van der Waals surface area contributed by atoms with Gasteiger partial charge in [-0.15, -0.1) is 0 Å². The first kappa shape index (κ1) is 17.5. The van der Waals surface area contributed by atoms with Gasteiger partial charge in [0.25, 0.3) is 0 Å². The largest absolute Gasteiger partial charge is 0.435 e. The highest BCUT2D eigenvalue weighted by molar-refractivity contribution is 5.83. The second-order valence-corrected chi connectivity index (χ2v) is 4.39. The summed E-state index contributed by atoms with van der Waals surface area (Å²) in [5.41, 5.74) is 1.03. The lowest BCUT2D eigenvalue weighted by Gasteiger charge is -2.04. The monoisotopic (exact) mass is 340 g/mol. The summed E-state index contributed by atoms with van der Waals surface area (Å²) in [6.07, 6.45) is 2.68. The summed E-state index contributed by atoms with van der Waals surface area (Å²) in [5, 5.41) is 7.52. The number of benzene rings is 2. The highest BCUT2D eigenvalue weighted by Crippen LogP contribution is 2.16. The Bertz CT molecular complexity index is 659. The smallest absolute Gasteiger partial charge is 0.387 e. The Balaban J connectivity index is 1.99. The predicted molar refractivity (Wildman–Crippen MR) is 81.3 cm³/mol. The minimum Gasteiger partial charge on any atom is -0.435 e. The topological polar surface area (TPSA) is 43.2 Å². The average molecular weight is 340 g/mol. The molecule has 0 aliphatic heterocycles. The molecule has 126 valence electrons. The number of rotatable bonds is 7. The van der Waals surface area contributed by atoms with E-state index in [1.807, 2.05) is 0 Å². The summed E-state index contributed by atoms with van der Waals surface area (Å²) in [6, 6.07) is 11.9. The van der Waals surface area contributed by atoms with Crippen LogP contribution in [-0.2, 0) is 0 Å². The lowest BCUT2D eigenvalue weighted by molar-refractivity contribution is -0.0505. The Morgan fingerprint density at radius 3 is 1.50 bits per heavy atom. The van der Waals surface area contributed by atoms with Crippen LogP contribution in [0.5, 0.6) is 11.5 Å². The minimum atomic E-state index is -2.90. The molecule has 2 aromatic rings. The van der Waals surface area contributed by atoms with Gasteiger partial charge >= 0.3 is 13.2 Å². The molecule has 0 aliphatic rings. The van der Waals surface area contributed by atoms with Crippen LogP contribution in [0, 0.1) is 0 Å². The molecule has 0 heterocycles. The van der Waals surface area contributed by atoms with Crippen LogP contribution < -0.4 is 9.47 Å². The van der Waals surface area contributed by atoms with Crippen molar-refractivity contribution in [1.29, 1.82) is 0 Å². The average Bonchev–Trinajstić information content (AvgIpc) is 2.51. The van der Waals surface area contributed by atoms with Gasteiger partial charge in [-0.3, -0.25) is 0 Å². The Morgan fingerprint density at radius 1 is 0.708 bits per heavy atom. The first-order valence-electron chi connectivity index (χ1n) is 6.69. The number of halogens is 4. The SMILES string of the molecule is FC(F)Oc1cccc(/C=N/N=C/c2cccc(OC(F)F)c2)c1. The van der Waals surface area contributed by atoms with Gasteiger partial charge in [-0.1, -0.05) is 24.3 Å². The molecular formula is C16H12F4N2O2. The molecule has 2 rings (SSSR count).